The molecule has 1 fully saturated rings. The van der Waals surface area contributed by atoms with Crippen LogP contribution in [0.25, 0.3) is 0 Å². The van der Waals surface area contributed by atoms with E-state index in [0.29, 0.717) is 6.42 Å². The first kappa shape index (κ1) is 12.2. The van der Waals surface area contributed by atoms with Crippen molar-refractivity contribution in [1.29, 1.82) is 0 Å². The van der Waals surface area contributed by atoms with Crippen LogP contribution in [0.4, 0.5) is 4.39 Å². The minimum atomic E-state index is -0.283. The van der Waals surface area contributed by atoms with Crippen LogP contribution in [0.3, 0.4) is 0 Å². The van der Waals surface area contributed by atoms with Gasteiger partial charge in [0.05, 0.1) is 0 Å². The number of nitrogens with two attached hydrogens (primary N) is 1. The monoisotopic (exact) mass is 235 g/mol. The molecule has 3 heteroatoms. The van der Waals surface area contributed by atoms with Crippen LogP contribution in [0.15, 0.2) is 18.2 Å². The summed E-state index contributed by atoms with van der Waals surface area (Å²) in [4.78, 5) is 12.1. The molecule has 2 unspecified atom stereocenters. The maximum absolute atomic E-state index is 13.1. The molecule has 0 amide bonds. The SMILES string of the molecule is Cc1ccc(F)cc1CC(=O)C1CCCC1N. The number of ketones is 1. The van der Waals surface area contributed by atoms with Crippen LogP contribution >= 0.6 is 0 Å². The van der Waals surface area contributed by atoms with Crippen molar-refractivity contribution >= 4 is 5.78 Å². The predicted molar refractivity (Wildman–Crippen MR) is 65.2 cm³/mol. The number of Topliss-reactive ketones (excluding diaryl/α,β-unsaturated/α-hetero) is 1. The zero-order valence-corrected chi connectivity index (χ0v) is 10.1. The second-order valence-electron chi connectivity index (χ2n) is 4.92. The molecule has 1 saturated carbocycles. The minimum absolute atomic E-state index is 0.00337. The normalized spacial score (nSPS) is 23.9. The number of aryl methyl sites for hydroxylation is 1. The van der Waals surface area contributed by atoms with Gasteiger partial charge in [0.15, 0.2) is 0 Å². The van der Waals surface area contributed by atoms with E-state index in [9.17, 15) is 9.18 Å². The molecule has 0 spiro atoms. The van der Waals surface area contributed by atoms with E-state index in [-0.39, 0.29) is 23.6 Å². The summed E-state index contributed by atoms with van der Waals surface area (Å²) in [6.07, 6.45) is 3.15. The molecule has 1 aromatic carbocycles. The maximum Gasteiger partial charge on any atom is 0.141 e. The summed E-state index contributed by atoms with van der Waals surface area (Å²) in [5.74, 6) is -0.157. The van der Waals surface area contributed by atoms with Crippen LogP contribution in [0, 0.1) is 18.7 Å². The number of benzene rings is 1. The Labute approximate surface area is 101 Å². The van der Waals surface area contributed by atoms with Gasteiger partial charge in [-0.25, -0.2) is 4.39 Å². The molecule has 0 bridgehead atoms. The van der Waals surface area contributed by atoms with Crippen molar-refractivity contribution in [2.75, 3.05) is 0 Å². The van der Waals surface area contributed by atoms with Crippen LogP contribution in [-0.2, 0) is 11.2 Å². The van der Waals surface area contributed by atoms with E-state index in [1.54, 1.807) is 6.07 Å². The summed E-state index contributed by atoms with van der Waals surface area (Å²) in [6, 6.07) is 4.58. The van der Waals surface area contributed by atoms with Crippen LogP contribution in [-0.4, -0.2) is 11.8 Å². The van der Waals surface area contributed by atoms with Crippen LogP contribution in [0.5, 0.6) is 0 Å². The molecule has 0 heterocycles. The van der Waals surface area contributed by atoms with Crippen molar-refractivity contribution < 1.29 is 9.18 Å². The zero-order valence-electron chi connectivity index (χ0n) is 10.1. The lowest BCUT2D eigenvalue weighted by atomic mass is 9.92. The first-order valence-electron chi connectivity index (χ1n) is 6.11. The molecule has 17 heavy (non-hydrogen) atoms. The van der Waals surface area contributed by atoms with Gasteiger partial charge in [0, 0.05) is 18.4 Å². The zero-order chi connectivity index (χ0) is 12.4. The number of halogens is 1. The van der Waals surface area contributed by atoms with E-state index in [4.69, 9.17) is 5.73 Å². The Morgan fingerprint density at radius 2 is 2.24 bits per heavy atom. The summed E-state index contributed by atoms with van der Waals surface area (Å²) < 4.78 is 13.1. The van der Waals surface area contributed by atoms with Gasteiger partial charge in [0.25, 0.3) is 0 Å². The van der Waals surface area contributed by atoms with Crippen molar-refractivity contribution in [3.63, 3.8) is 0 Å². The molecule has 2 rings (SSSR count). The highest BCUT2D eigenvalue weighted by Crippen LogP contribution is 2.26. The van der Waals surface area contributed by atoms with E-state index in [1.165, 1.54) is 12.1 Å². The Morgan fingerprint density at radius 1 is 1.47 bits per heavy atom. The molecule has 2 atom stereocenters. The summed E-state index contributed by atoms with van der Waals surface area (Å²) in [7, 11) is 0. The molecule has 1 aliphatic carbocycles. The van der Waals surface area contributed by atoms with Gasteiger partial charge in [0.1, 0.15) is 11.6 Å². The molecule has 2 N–H and O–H groups in total. The van der Waals surface area contributed by atoms with Gasteiger partial charge in [0.2, 0.25) is 0 Å². The summed E-state index contributed by atoms with van der Waals surface area (Å²) in [5.41, 5.74) is 7.66. The average Bonchev–Trinajstić information content (AvgIpc) is 2.70. The molecule has 2 nitrogen and oxygen atoms in total. The van der Waals surface area contributed by atoms with E-state index in [2.05, 4.69) is 0 Å². The summed E-state index contributed by atoms with van der Waals surface area (Å²) >= 11 is 0. The summed E-state index contributed by atoms with van der Waals surface area (Å²) in [6.45, 7) is 1.90. The number of carbonyl (C=O) groups excluding carboxylic acids is 1. The molecule has 0 aromatic heterocycles. The maximum atomic E-state index is 13.1. The predicted octanol–water partition coefficient (Wildman–Crippen LogP) is 2.37. The van der Waals surface area contributed by atoms with E-state index >= 15 is 0 Å². The first-order chi connectivity index (χ1) is 8.08. The topological polar surface area (TPSA) is 43.1 Å². The molecule has 0 radical (unpaired) electrons. The average molecular weight is 235 g/mol. The van der Waals surface area contributed by atoms with Crippen LogP contribution < -0.4 is 5.73 Å². The van der Waals surface area contributed by atoms with Gasteiger partial charge in [-0.3, -0.25) is 4.79 Å². The third-order valence-electron chi connectivity index (χ3n) is 3.66. The summed E-state index contributed by atoms with van der Waals surface area (Å²) in [5, 5.41) is 0. The van der Waals surface area contributed by atoms with Gasteiger partial charge in [-0.2, -0.15) is 0 Å². The molecule has 1 aliphatic rings. The molecular weight excluding hydrogens is 217 g/mol. The van der Waals surface area contributed by atoms with Crippen molar-refractivity contribution in [2.24, 2.45) is 11.7 Å². The fourth-order valence-electron chi connectivity index (χ4n) is 2.54. The van der Waals surface area contributed by atoms with Crippen molar-refractivity contribution in [3.05, 3.63) is 35.1 Å². The van der Waals surface area contributed by atoms with Gasteiger partial charge < -0.3 is 5.73 Å². The highest BCUT2D eigenvalue weighted by Gasteiger charge is 2.30. The Balaban J connectivity index is 2.10. The van der Waals surface area contributed by atoms with Gasteiger partial charge in [-0.15, -0.1) is 0 Å². The van der Waals surface area contributed by atoms with Gasteiger partial charge in [-0.1, -0.05) is 12.5 Å². The lowest BCUT2D eigenvalue weighted by Crippen LogP contribution is -2.31. The Bertz CT molecular complexity index is 430. The van der Waals surface area contributed by atoms with E-state index in [0.717, 1.165) is 30.4 Å². The van der Waals surface area contributed by atoms with E-state index in [1.807, 2.05) is 6.92 Å². The minimum Gasteiger partial charge on any atom is -0.327 e. The molecule has 1 aromatic rings. The fraction of sp³-hybridized carbons (Fsp3) is 0.500. The quantitative estimate of drug-likeness (QED) is 0.874. The van der Waals surface area contributed by atoms with Gasteiger partial charge >= 0.3 is 0 Å². The third kappa shape index (κ3) is 2.72. The third-order valence-corrected chi connectivity index (χ3v) is 3.66. The van der Waals surface area contributed by atoms with Crippen molar-refractivity contribution in [3.8, 4) is 0 Å². The molecule has 0 aliphatic heterocycles. The number of hydrogen-bond acceptors (Lipinski definition) is 2. The smallest absolute Gasteiger partial charge is 0.141 e. The largest absolute Gasteiger partial charge is 0.327 e. The molecule has 92 valence electrons. The number of rotatable bonds is 3. The van der Waals surface area contributed by atoms with Crippen molar-refractivity contribution in [2.45, 2.75) is 38.6 Å². The lowest BCUT2D eigenvalue weighted by molar-refractivity contribution is -0.122. The second-order valence-corrected chi connectivity index (χ2v) is 4.92. The fourth-order valence-corrected chi connectivity index (χ4v) is 2.54. The number of hydrogen-bond donors (Lipinski definition) is 1. The Morgan fingerprint density at radius 3 is 2.88 bits per heavy atom. The van der Waals surface area contributed by atoms with Crippen LogP contribution in [0.2, 0.25) is 0 Å². The number of carbonyl (C=O) groups is 1. The standard InChI is InChI=1S/C14H18FNO/c1-9-5-6-11(15)7-10(9)8-14(17)12-3-2-4-13(12)16/h5-7,12-13H,2-4,8,16H2,1H3. The highest BCUT2D eigenvalue weighted by molar-refractivity contribution is 5.84. The van der Waals surface area contributed by atoms with E-state index < -0.39 is 0 Å². The first-order valence-corrected chi connectivity index (χ1v) is 6.11. The van der Waals surface area contributed by atoms with Crippen LogP contribution in [0.1, 0.15) is 30.4 Å². The Hall–Kier alpha value is -1.22. The van der Waals surface area contributed by atoms with Crippen molar-refractivity contribution in [1.82, 2.24) is 0 Å². The van der Waals surface area contributed by atoms with Gasteiger partial charge in [-0.05, 0) is 43.0 Å². The molecular formula is C14H18FNO. The second kappa shape index (κ2) is 4.96. The highest BCUT2D eigenvalue weighted by atomic mass is 19.1. The Kier molecular flexibility index (Phi) is 3.57. The molecule has 0 saturated heterocycles. The lowest BCUT2D eigenvalue weighted by Gasteiger charge is -2.14.